The fourth-order valence-electron chi connectivity index (χ4n) is 1.19. The minimum Gasteiger partial charge on any atom is -0.381 e. The molecule has 0 heterocycles. The second-order valence-corrected chi connectivity index (χ2v) is 4.62. The molecule has 0 fully saturated rings. The Morgan fingerprint density at radius 2 is 2.00 bits per heavy atom. The largest absolute Gasteiger partial charge is 0.381 e. The molecule has 0 aliphatic rings. The number of hydrogen-bond donors (Lipinski definition) is 0. The molecule has 0 aliphatic heterocycles. The van der Waals surface area contributed by atoms with Gasteiger partial charge in [-0.1, -0.05) is 13.3 Å². The lowest BCUT2D eigenvalue weighted by Crippen LogP contribution is -1.98. The zero-order valence-electron chi connectivity index (χ0n) is 9.61. The summed E-state index contributed by atoms with van der Waals surface area (Å²) in [5, 5.41) is 8.65. The van der Waals surface area contributed by atoms with E-state index in [0.717, 1.165) is 25.4 Å². The first kappa shape index (κ1) is 13.1. The van der Waals surface area contributed by atoms with E-state index in [1.165, 1.54) is 11.3 Å². The molecule has 0 N–H and O–H groups in total. The van der Waals surface area contributed by atoms with Gasteiger partial charge in [-0.15, -0.1) is 11.8 Å². The Labute approximate surface area is 102 Å². The highest BCUT2D eigenvalue weighted by atomic mass is 32.2. The van der Waals surface area contributed by atoms with Gasteiger partial charge in [0.2, 0.25) is 0 Å². The van der Waals surface area contributed by atoms with Crippen LogP contribution in [0.4, 0.5) is 0 Å². The molecule has 1 aromatic carbocycles. The fourth-order valence-corrected chi connectivity index (χ4v) is 1.96. The smallest absolute Gasteiger partial charge is 0.0991 e. The zero-order valence-corrected chi connectivity index (χ0v) is 10.4. The summed E-state index contributed by atoms with van der Waals surface area (Å²) in [6.45, 7) is 3.82. The Balaban J connectivity index is 2.15. The van der Waals surface area contributed by atoms with Gasteiger partial charge in [0.25, 0.3) is 0 Å². The Kier molecular flexibility index (Phi) is 6.71. The third-order valence-electron chi connectivity index (χ3n) is 2.12. The SMILES string of the molecule is CCCCOCCSc1ccc(C#N)cc1. The van der Waals surface area contributed by atoms with E-state index in [0.29, 0.717) is 5.56 Å². The van der Waals surface area contributed by atoms with Crippen LogP contribution in [0.1, 0.15) is 25.3 Å². The lowest BCUT2D eigenvalue weighted by atomic mass is 10.2. The van der Waals surface area contributed by atoms with Crippen molar-refractivity contribution in [3.63, 3.8) is 0 Å². The third kappa shape index (κ3) is 5.20. The summed E-state index contributed by atoms with van der Waals surface area (Å²) >= 11 is 1.76. The van der Waals surface area contributed by atoms with Crippen LogP contribution < -0.4 is 0 Å². The van der Waals surface area contributed by atoms with Gasteiger partial charge in [-0.25, -0.2) is 0 Å². The Morgan fingerprint density at radius 1 is 1.25 bits per heavy atom. The van der Waals surface area contributed by atoms with Crippen molar-refractivity contribution in [2.45, 2.75) is 24.7 Å². The van der Waals surface area contributed by atoms with Crippen LogP contribution in [-0.4, -0.2) is 19.0 Å². The highest BCUT2D eigenvalue weighted by Crippen LogP contribution is 2.17. The molecule has 16 heavy (non-hydrogen) atoms. The number of hydrogen-bond acceptors (Lipinski definition) is 3. The van der Waals surface area contributed by atoms with Crippen molar-refractivity contribution in [3.8, 4) is 6.07 Å². The minimum absolute atomic E-state index is 0.712. The molecular weight excluding hydrogens is 218 g/mol. The molecule has 0 aromatic heterocycles. The van der Waals surface area contributed by atoms with Gasteiger partial charge in [0.15, 0.2) is 0 Å². The van der Waals surface area contributed by atoms with Gasteiger partial charge in [0.05, 0.1) is 18.2 Å². The average molecular weight is 235 g/mol. The molecule has 0 radical (unpaired) electrons. The number of rotatable bonds is 7. The van der Waals surface area contributed by atoms with Gasteiger partial charge in [-0.05, 0) is 30.7 Å². The van der Waals surface area contributed by atoms with Crippen molar-refractivity contribution in [3.05, 3.63) is 29.8 Å². The molecule has 0 bridgehead atoms. The number of nitriles is 1. The average Bonchev–Trinajstić information content (AvgIpc) is 2.34. The monoisotopic (exact) mass is 235 g/mol. The summed E-state index contributed by atoms with van der Waals surface area (Å²) in [5.41, 5.74) is 0.712. The van der Waals surface area contributed by atoms with Crippen LogP contribution in [0.25, 0.3) is 0 Å². The van der Waals surface area contributed by atoms with Gasteiger partial charge in [0.1, 0.15) is 0 Å². The maximum Gasteiger partial charge on any atom is 0.0991 e. The molecular formula is C13H17NOS. The van der Waals surface area contributed by atoms with Crippen molar-refractivity contribution in [1.29, 1.82) is 5.26 Å². The van der Waals surface area contributed by atoms with E-state index in [4.69, 9.17) is 10.00 Å². The molecule has 0 saturated heterocycles. The molecule has 86 valence electrons. The van der Waals surface area contributed by atoms with Crippen molar-refractivity contribution in [2.24, 2.45) is 0 Å². The van der Waals surface area contributed by atoms with Gasteiger partial charge in [-0.2, -0.15) is 5.26 Å². The summed E-state index contributed by atoms with van der Waals surface area (Å²) in [6.07, 6.45) is 2.32. The lowest BCUT2D eigenvalue weighted by Gasteiger charge is -2.03. The van der Waals surface area contributed by atoms with Crippen molar-refractivity contribution < 1.29 is 4.74 Å². The number of ether oxygens (including phenoxy) is 1. The predicted molar refractivity (Wildman–Crippen MR) is 67.6 cm³/mol. The maximum absolute atomic E-state index is 8.65. The molecule has 3 heteroatoms. The Hall–Kier alpha value is -0.980. The lowest BCUT2D eigenvalue weighted by molar-refractivity contribution is 0.147. The second-order valence-electron chi connectivity index (χ2n) is 3.45. The summed E-state index contributed by atoms with van der Waals surface area (Å²) in [6, 6.07) is 9.77. The molecule has 0 saturated carbocycles. The van der Waals surface area contributed by atoms with Crippen LogP contribution in [0.2, 0.25) is 0 Å². The van der Waals surface area contributed by atoms with Gasteiger partial charge >= 0.3 is 0 Å². The maximum atomic E-state index is 8.65. The van der Waals surface area contributed by atoms with E-state index in [1.807, 2.05) is 24.3 Å². The van der Waals surface area contributed by atoms with Gasteiger partial charge < -0.3 is 4.74 Å². The van der Waals surface area contributed by atoms with E-state index < -0.39 is 0 Å². The third-order valence-corrected chi connectivity index (χ3v) is 3.10. The number of unbranched alkanes of at least 4 members (excludes halogenated alkanes) is 1. The number of benzene rings is 1. The molecule has 1 aromatic rings. The van der Waals surface area contributed by atoms with Crippen LogP contribution in [0.3, 0.4) is 0 Å². The zero-order chi connectivity index (χ0) is 11.6. The van der Waals surface area contributed by atoms with Gasteiger partial charge in [-0.3, -0.25) is 0 Å². The quantitative estimate of drug-likeness (QED) is 0.536. The standard InChI is InChI=1S/C13H17NOS/c1-2-3-8-15-9-10-16-13-6-4-12(11-14)5-7-13/h4-7H,2-3,8-10H2,1H3. The van der Waals surface area contributed by atoms with Gasteiger partial charge in [0, 0.05) is 17.3 Å². The van der Waals surface area contributed by atoms with Crippen LogP contribution in [0, 0.1) is 11.3 Å². The molecule has 0 amide bonds. The number of nitrogens with zero attached hydrogens (tertiary/aromatic N) is 1. The Morgan fingerprint density at radius 3 is 2.62 bits per heavy atom. The van der Waals surface area contributed by atoms with Crippen LogP contribution in [0.5, 0.6) is 0 Å². The van der Waals surface area contributed by atoms with E-state index in [9.17, 15) is 0 Å². The molecule has 0 aliphatic carbocycles. The summed E-state index contributed by atoms with van der Waals surface area (Å²) in [4.78, 5) is 1.19. The normalized spacial score (nSPS) is 10.0. The highest BCUT2D eigenvalue weighted by Gasteiger charge is 1.95. The first-order chi connectivity index (χ1) is 7.86. The highest BCUT2D eigenvalue weighted by molar-refractivity contribution is 7.99. The first-order valence-corrected chi connectivity index (χ1v) is 6.56. The van der Waals surface area contributed by atoms with Crippen LogP contribution in [-0.2, 0) is 4.74 Å². The number of thioether (sulfide) groups is 1. The Bertz CT molecular complexity index is 329. The molecule has 2 nitrogen and oxygen atoms in total. The molecule has 0 atom stereocenters. The minimum atomic E-state index is 0.712. The van der Waals surface area contributed by atoms with E-state index in [2.05, 4.69) is 13.0 Å². The van der Waals surface area contributed by atoms with Crippen molar-refractivity contribution in [1.82, 2.24) is 0 Å². The molecule has 0 spiro atoms. The summed E-state index contributed by atoms with van der Waals surface area (Å²) in [5.74, 6) is 0.968. The molecule has 0 unspecified atom stereocenters. The van der Waals surface area contributed by atoms with Crippen LogP contribution in [0.15, 0.2) is 29.2 Å². The van der Waals surface area contributed by atoms with Crippen molar-refractivity contribution in [2.75, 3.05) is 19.0 Å². The first-order valence-electron chi connectivity index (χ1n) is 5.57. The van der Waals surface area contributed by atoms with E-state index in [-0.39, 0.29) is 0 Å². The van der Waals surface area contributed by atoms with E-state index in [1.54, 1.807) is 11.8 Å². The second kappa shape index (κ2) is 8.20. The van der Waals surface area contributed by atoms with Crippen molar-refractivity contribution >= 4 is 11.8 Å². The summed E-state index contributed by atoms with van der Waals surface area (Å²) in [7, 11) is 0. The van der Waals surface area contributed by atoms with Crippen LogP contribution >= 0.6 is 11.8 Å². The molecule has 1 rings (SSSR count). The summed E-state index contributed by atoms with van der Waals surface area (Å²) < 4.78 is 5.47. The fraction of sp³-hybridized carbons (Fsp3) is 0.462. The van der Waals surface area contributed by atoms with E-state index >= 15 is 0 Å². The predicted octanol–water partition coefficient (Wildman–Crippen LogP) is 3.47. The topological polar surface area (TPSA) is 33.0 Å².